The summed E-state index contributed by atoms with van der Waals surface area (Å²) >= 11 is 0. The second-order valence-corrected chi connectivity index (χ2v) is 4.57. The second kappa shape index (κ2) is 2.86. The molecule has 2 nitrogen and oxygen atoms in total. The fourth-order valence-corrected chi connectivity index (χ4v) is 2.54. The van der Waals surface area contributed by atoms with E-state index in [9.17, 15) is 4.79 Å². The van der Waals surface area contributed by atoms with Crippen molar-refractivity contribution >= 4 is 5.97 Å². The Labute approximate surface area is 79.0 Å². The monoisotopic (exact) mass is 180 g/mol. The molecule has 13 heavy (non-hydrogen) atoms. The third kappa shape index (κ3) is 1.38. The molecule has 0 aromatic carbocycles. The van der Waals surface area contributed by atoms with Crippen molar-refractivity contribution in [1.82, 2.24) is 0 Å². The van der Waals surface area contributed by atoms with Crippen molar-refractivity contribution in [2.75, 3.05) is 0 Å². The summed E-state index contributed by atoms with van der Waals surface area (Å²) in [6.45, 7) is 5.97. The third-order valence-electron chi connectivity index (χ3n) is 3.40. The van der Waals surface area contributed by atoms with Crippen LogP contribution in [0.15, 0.2) is 12.2 Å². The Kier molecular flexibility index (Phi) is 1.94. The van der Waals surface area contributed by atoms with Gasteiger partial charge >= 0.3 is 5.97 Å². The number of carbonyl (C=O) groups is 1. The van der Waals surface area contributed by atoms with Crippen molar-refractivity contribution in [1.29, 1.82) is 0 Å². The van der Waals surface area contributed by atoms with Gasteiger partial charge in [0.05, 0.1) is 0 Å². The van der Waals surface area contributed by atoms with E-state index in [0.717, 1.165) is 12.8 Å². The maximum atomic E-state index is 11.3. The molecule has 1 aliphatic carbocycles. The molecule has 1 saturated heterocycles. The molecule has 72 valence electrons. The van der Waals surface area contributed by atoms with Crippen molar-refractivity contribution in [3.8, 4) is 0 Å². The number of hydrogen-bond donors (Lipinski definition) is 0. The lowest BCUT2D eigenvalue weighted by Gasteiger charge is -2.44. The van der Waals surface area contributed by atoms with Crippen LogP contribution < -0.4 is 0 Å². The summed E-state index contributed by atoms with van der Waals surface area (Å²) in [5.74, 6) is -0.177. The van der Waals surface area contributed by atoms with E-state index in [-0.39, 0.29) is 17.5 Å². The van der Waals surface area contributed by atoms with Gasteiger partial charge in [0, 0.05) is 11.0 Å². The van der Waals surface area contributed by atoms with E-state index >= 15 is 0 Å². The first-order valence-corrected chi connectivity index (χ1v) is 5.01. The van der Waals surface area contributed by atoms with Crippen LogP contribution in [0.2, 0.25) is 0 Å². The Bertz CT molecular complexity index is 257. The normalized spacial score (nSPS) is 39.6. The molecule has 0 bridgehead atoms. The molecule has 2 atom stereocenters. The lowest BCUT2D eigenvalue weighted by atomic mass is 9.68. The van der Waals surface area contributed by atoms with Crippen LogP contribution in [0, 0.1) is 5.41 Å². The van der Waals surface area contributed by atoms with Gasteiger partial charge in [-0.2, -0.15) is 0 Å². The molecule has 0 aromatic heterocycles. The summed E-state index contributed by atoms with van der Waals surface area (Å²) in [7, 11) is 0. The molecular weight excluding hydrogens is 164 g/mol. The van der Waals surface area contributed by atoms with E-state index in [4.69, 9.17) is 4.74 Å². The third-order valence-corrected chi connectivity index (χ3v) is 3.40. The van der Waals surface area contributed by atoms with E-state index in [2.05, 4.69) is 13.5 Å². The number of hydrogen-bond acceptors (Lipinski definition) is 2. The minimum Gasteiger partial charge on any atom is -0.458 e. The summed E-state index contributed by atoms with van der Waals surface area (Å²) < 4.78 is 5.37. The molecule has 0 N–H and O–H groups in total. The molecule has 2 rings (SSSR count). The van der Waals surface area contributed by atoms with Crippen LogP contribution in [0.5, 0.6) is 0 Å². The molecule has 1 saturated carbocycles. The highest BCUT2D eigenvalue weighted by molar-refractivity contribution is 5.88. The molecule has 0 unspecified atom stereocenters. The molecular formula is C11H16O2. The van der Waals surface area contributed by atoms with Gasteiger partial charge in [-0.15, -0.1) is 0 Å². The zero-order valence-corrected chi connectivity index (χ0v) is 8.14. The highest BCUT2D eigenvalue weighted by Crippen LogP contribution is 2.45. The van der Waals surface area contributed by atoms with Gasteiger partial charge in [-0.25, -0.2) is 4.79 Å². The molecule has 0 radical (unpaired) electrons. The molecule has 0 spiro atoms. The summed E-state index contributed by atoms with van der Waals surface area (Å²) in [5.41, 5.74) is 0.837. The van der Waals surface area contributed by atoms with Crippen LogP contribution in [0.1, 0.15) is 39.0 Å². The summed E-state index contributed by atoms with van der Waals surface area (Å²) in [6.07, 6.45) is 5.65. The molecule has 2 heteroatoms. The number of ether oxygens (including phenoxy) is 1. The van der Waals surface area contributed by atoms with E-state index in [0.29, 0.717) is 5.57 Å². The lowest BCUT2D eigenvalue weighted by molar-refractivity contribution is -0.161. The van der Waals surface area contributed by atoms with Gasteiger partial charge in [0.2, 0.25) is 0 Å². The van der Waals surface area contributed by atoms with Gasteiger partial charge in [0.1, 0.15) is 6.10 Å². The molecule has 0 aromatic rings. The highest BCUT2D eigenvalue weighted by atomic mass is 16.5. The predicted molar refractivity (Wildman–Crippen MR) is 50.2 cm³/mol. The van der Waals surface area contributed by atoms with E-state index in [1.807, 2.05) is 0 Å². The van der Waals surface area contributed by atoms with E-state index < -0.39 is 0 Å². The van der Waals surface area contributed by atoms with Crippen LogP contribution in [0.25, 0.3) is 0 Å². The summed E-state index contributed by atoms with van der Waals surface area (Å²) in [5, 5.41) is 0. The van der Waals surface area contributed by atoms with Crippen molar-refractivity contribution in [3.63, 3.8) is 0 Å². The maximum Gasteiger partial charge on any atom is 0.333 e. The number of esters is 1. The van der Waals surface area contributed by atoms with Gasteiger partial charge in [-0.1, -0.05) is 19.9 Å². The van der Waals surface area contributed by atoms with E-state index in [1.54, 1.807) is 0 Å². The van der Waals surface area contributed by atoms with Crippen LogP contribution >= 0.6 is 0 Å². The Morgan fingerprint density at radius 2 is 2.31 bits per heavy atom. The quantitative estimate of drug-likeness (QED) is 0.423. The lowest BCUT2D eigenvalue weighted by Crippen LogP contribution is -2.44. The molecule has 2 fully saturated rings. The Morgan fingerprint density at radius 1 is 1.54 bits per heavy atom. The zero-order chi connectivity index (χ0) is 9.47. The zero-order valence-electron chi connectivity index (χ0n) is 8.14. The van der Waals surface area contributed by atoms with E-state index in [1.165, 1.54) is 19.3 Å². The van der Waals surface area contributed by atoms with Crippen molar-refractivity contribution in [2.45, 2.75) is 45.1 Å². The minimum absolute atomic E-state index is 0.152. The van der Waals surface area contributed by atoms with Gasteiger partial charge in [0.15, 0.2) is 0 Å². The highest BCUT2D eigenvalue weighted by Gasteiger charge is 2.44. The van der Waals surface area contributed by atoms with Gasteiger partial charge in [-0.3, -0.25) is 0 Å². The van der Waals surface area contributed by atoms with Gasteiger partial charge < -0.3 is 4.74 Å². The van der Waals surface area contributed by atoms with Crippen LogP contribution in [0.4, 0.5) is 0 Å². The fourth-order valence-electron chi connectivity index (χ4n) is 2.54. The van der Waals surface area contributed by atoms with Crippen molar-refractivity contribution < 1.29 is 9.53 Å². The van der Waals surface area contributed by atoms with Crippen LogP contribution in [-0.2, 0) is 9.53 Å². The van der Waals surface area contributed by atoms with Gasteiger partial charge in [0.25, 0.3) is 0 Å². The predicted octanol–water partition coefficient (Wildman–Crippen LogP) is 2.44. The average molecular weight is 180 g/mol. The topological polar surface area (TPSA) is 26.3 Å². The maximum absolute atomic E-state index is 11.3. The molecule has 1 aliphatic heterocycles. The number of rotatable bonds is 0. The first kappa shape index (κ1) is 8.79. The SMILES string of the molecule is C=C1C[C@]2(C)CCCC[C@H]2OC1=O. The number of fused-ring (bicyclic) bond motifs is 1. The Balaban J connectivity index is 2.19. The molecule has 2 aliphatic rings. The summed E-state index contributed by atoms with van der Waals surface area (Å²) in [6, 6.07) is 0. The smallest absolute Gasteiger partial charge is 0.333 e. The Hall–Kier alpha value is -0.790. The van der Waals surface area contributed by atoms with Crippen molar-refractivity contribution in [3.05, 3.63) is 12.2 Å². The standard InChI is InChI=1S/C11H16O2/c1-8-7-11(2)6-4-3-5-9(11)13-10(8)12/h9H,1,3-7H2,2H3/t9-,11+/m1/s1. The van der Waals surface area contributed by atoms with Crippen LogP contribution in [-0.4, -0.2) is 12.1 Å². The molecule has 0 amide bonds. The Morgan fingerprint density at radius 3 is 3.08 bits per heavy atom. The van der Waals surface area contributed by atoms with Gasteiger partial charge in [-0.05, 0) is 25.7 Å². The average Bonchev–Trinajstić information content (AvgIpc) is 2.07. The fraction of sp³-hybridized carbons (Fsp3) is 0.727. The first-order valence-electron chi connectivity index (χ1n) is 5.01. The van der Waals surface area contributed by atoms with Crippen molar-refractivity contribution in [2.24, 2.45) is 5.41 Å². The van der Waals surface area contributed by atoms with Crippen LogP contribution in [0.3, 0.4) is 0 Å². The first-order chi connectivity index (χ1) is 6.12. The minimum atomic E-state index is -0.177. The largest absolute Gasteiger partial charge is 0.458 e. The molecule has 1 heterocycles. The summed E-state index contributed by atoms with van der Waals surface area (Å²) in [4.78, 5) is 11.3. The second-order valence-electron chi connectivity index (χ2n) is 4.57. The number of carbonyl (C=O) groups excluding carboxylic acids is 1.